The molecule has 1 N–H and O–H groups in total. The molecule has 3 heterocycles. The van der Waals surface area contributed by atoms with Gasteiger partial charge in [0.1, 0.15) is 5.82 Å². The predicted octanol–water partition coefficient (Wildman–Crippen LogP) is 3.01. The molecule has 0 saturated carbocycles. The average molecular weight is 457 g/mol. The van der Waals surface area contributed by atoms with Crippen LogP contribution in [0.5, 0.6) is 0 Å². The maximum absolute atomic E-state index is 12.9. The lowest BCUT2D eigenvalue weighted by molar-refractivity contribution is 0.0656. The van der Waals surface area contributed by atoms with Gasteiger partial charge in [-0.3, -0.25) is 19.3 Å². The zero-order valence-corrected chi connectivity index (χ0v) is 18.6. The van der Waals surface area contributed by atoms with Crippen LogP contribution in [-0.2, 0) is 11.2 Å². The summed E-state index contributed by atoms with van der Waals surface area (Å²) in [7, 11) is 0. The first-order valence-corrected chi connectivity index (χ1v) is 11.2. The molecule has 8 heteroatoms. The molecule has 2 aliphatic heterocycles. The Morgan fingerprint density at radius 1 is 0.941 bits per heavy atom. The molecular weight excluding hydrogens is 432 g/mol. The molecule has 3 aromatic rings. The van der Waals surface area contributed by atoms with E-state index in [1.54, 1.807) is 24.4 Å². The second-order valence-corrected chi connectivity index (χ2v) is 8.21. The topological polar surface area (TPSA) is 91.8 Å². The number of ether oxygens (including phenoxy) is 1. The normalized spacial score (nSPS) is 15.4. The molecule has 172 valence electrons. The molecule has 1 fully saturated rings. The van der Waals surface area contributed by atoms with Crippen molar-refractivity contribution in [3.63, 3.8) is 0 Å². The summed E-state index contributed by atoms with van der Waals surface area (Å²) in [5.41, 5.74) is 2.89. The number of hydrogen-bond acceptors (Lipinski definition) is 6. The van der Waals surface area contributed by atoms with E-state index in [-0.39, 0.29) is 23.9 Å². The molecule has 2 aromatic carbocycles. The number of nitrogens with one attached hydrogen (secondary N) is 1. The summed E-state index contributed by atoms with van der Waals surface area (Å²) in [5.74, 6) is -0.686. The lowest BCUT2D eigenvalue weighted by Crippen LogP contribution is -2.36. The van der Waals surface area contributed by atoms with Gasteiger partial charge in [-0.2, -0.15) is 0 Å². The summed E-state index contributed by atoms with van der Waals surface area (Å²) in [6, 6.07) is 17.9. The van der Waals surface area contributed by atoms with Crippen molar-refractivity contribution >= 4 is 29.2 Å². The molecule has 0 atom stereocenters. The van der Waals surface area contributed by atoms with Gasteiger partial charge in [0.15, 0.2) is 0 Å². The first kappa shape index (κ1) is 21.8. The summed E-state index contributed by atoms with van der Waals surface area (Å²) in [6.07, 6.45) is 2.29. The fourth-order valence-electron chi connectivity index (χ4n) is 4.18. The van der Waals surface area contributed by atoms with Crippen molar-refractivity contribution in [3.05, 3.63) is 89.1 Å². The maximum atomic E-state index is 12.9. The fourth-order valence-corrected chi connectivity index (χ4v) is 4.18. The molecule has 2 aliphatic rings. The van der Waals surface area contributed by atoms with E-state index in [0.29, 0.717) is 36.6 Å². The number of carbonyl (C=O) groups is 3. The van der Waals surface area contributed by atoms with Crippen LogP contribution < -0.4 is 10.2 Å². The van der Waals surface area contributed by atoms with Crippen molar-refractivity contribution in [2.75, 3.05) is 43.1 Å². The van der Waals surface area contributed by atoms with Gasteiger partial charge in [-0.15, -0.1) is 0 Å². The van der Waals surface area contributed by atoms with Gasteiger partial charge in [0.2, 0.25) is 0 Å². The fraction of sp³-hybridized carbons (Fsp3) is 0.231. The molecule has 0 bridgehead atoms. The van der Waals surface area contributed by atoms with Gasteiger partial charge in [0, 0.05) is 25.2 Å². The summed E-state index contributed by atoms with van der Waals surface area (Å²) in [6.45, 7) is 3.26. The van der Waals surface area contributed by atoms with E-state index < -0.39 is 5.91 Å². The van der Waals surface area contributed by atoms with Gasteiger partial charge in [-0.05, 0) is 42.3 Å². The minimum atomic E-state index is -0.391. The van der Waals surface area contributed by atoms with Crippen LogP contribution in [0, 0.1) is 0 Å². The molecule has 3 amide bonds. The lowest BCUT2D eigenvalue weighted by Gasteiger charge is -2.28. The maximum Gasteiger partial charge on any atom is 0.261 e. The van der Waals surface area contributed by atoms with E-state index in [1.807, 2.05) is 36.4 Å². The second kappa shape index (κ2) is 9.44. The number of benzene rings is 2. The van der Waals surface area contributed by atoms with Crippen LogP contribution in [-0.4, -0.2) is 60.5 Å². The Kier molecular flexibility index (Phi) is 6.05. The number of fused-ring (bicyclic) bond motifs is 1. The Morgan fingerprint density at radius 2 is 1.71 bits per heavy atom. The molecule has 0 radical (unpaired) electrons. The summed E-state index contributed by atoms with van der Waals surface area (Å²) in [4.78, 5) is 46.2. The van der Waals surface area contributed by atoms with Gasteiger partial charge in [0.05, 0.1) is 36.2 Å². The Hall–Kier alpha value is -4.04. The monoisotopic (exact) mass is 456 g/mol. The van der Waals surface area contributed by atoms with E-state index >= 15 is 0 Å². The Labute approximate surface area is 197 Å². The predicted molar refractivity (Wildman–Crippen MR) is 127 cm³/mol. The minimum Gasteiger partial charge on any atom is -0.378 e. The van der Waals surface area contributed by atoms with Crippen molar-refractivity contribution in [2.45, 2.75) is 6.42 Å². The highest BCUT2D eigenvalue weighted by molar-refractivity contribution is 6.22. The highest BCUT2D eigenvalue weighted by atomic mass is 16.5. The smallest absolute Gasteiger partial charge is 0.261 e. The zero-order valence-electron chi connectivity index (χ0n) is 18.6. The molecule has 5 rings (SSSR count). The van der Waals surface area contributed by atoms with Gasteiger partial charge in [-0.25, -0.2) is 4.98 Å². The van der Waals surface area contributed by atoms with Crippen LogP contribution >= 0.6 is 0 Å². The van der Waals surface area contributed by atoms with Crippen LogP contribution in [0.3, 0.4) is 0 Å². The van der Waals surface area contributed by atoms with Gasteiger partial charge in [0.25, 0.3) is 17.7 Å². The number of pyridine rings is 1. The third kappa shape index (κ3) is 4.40. The van der Waals surface area contributed by atoms with Crippen molar-refractivity contribution in [2.24, 2.45) is 0 Å². The van der Waals surface area contributed by atoms with Crippen LogP contribution in [0.15, 0.2) is 66.9 Å². The number of amides is 3. The molecule has 1 saturated heterocycles. The second-order valence-electron chi connectivity index (χ2n) is 8.21. The number of nitrogens with zero attached hydrogens (tertiary/aromatic N) is 3. The third-order valence-electron chi connectivity index (χ3n) is 6.07. The van der Waals surface area contributed by atoms with Crippen molar-refractivity contribution in [3.8, 4) is 0 Å². The average Bonchev–Trinajstić information content (AvgIpc) is 3.13. The van der Waals surface area contributed by atoms with Gasteiger partial charge < -0.3 is 15.0 Å². The van der Waals surface area contributed by atoms with E-state index in [9.17, 15) is 14.4 Å². The first-order valence-electron chi connectivity index (χ1n) is 11.2. The molecule has 8 nitrogen and oxygen atoms in total. The van der Waals surface area contributed by atoms with Crippen LogP contribution in [0.1, 0.15) is 36.6 Å². The number of anilines is 2. The van der Waals surface area contributed by atoms with Gasteiger partial charge in [-0.1, -0.05) is 30.3 Å². The largest absolute Gasteiger partial charge is 0.378 e. The Bertz CT molecular complexity index is 1220. The van der Waals surface area contributed by atoms with E-state index in [1.165, 1.54) is 11.0 Å². The van der Waals surface area contributed by atoms with E-state index in [4.69, 9.17) is 4.74 Å². The van der Waals surface area contributed by atoms with Gasteiger partial charge >= 0.3 is 0 Å². The SMILES string of the molecule is O=C(Nc1ccc(N2CCOCC2)cn1)c1ccc2c(c1)C(=O)N(CCc1ccccc1)C2=O. The van der Waals surface area contributed by atoms with Crippen LogP contribution in [0.25, 0.3) is 0 Å². The molecule has 0 unspecified atom stereocenters. The molecule has 0 spiro atoms. The van der Waals surface area contributed by atoms with Crippen LogP contribution in [0.4, 0.5) is 11.5 Å². The number of imide groups is 1. The van der Waals surface area contributed by atoms with E-state index in [0.717, 1.165) is 24.3 Å². The molecule has 34 heavy (non-hydrogen) atoms. The number of hydrogen-bond donors (Lipinski definition) is 1. The van der Waals surface area contributed by atoms with Crippen molar-refractivity contribution < 1.29 is 19.1 Å². The molecule has 1 aromatic heterocycles. The lowest BCUT2D eigenvalue weighted by atomic mass is 10.1. The van der Waals surface area contributed by atoms with Crippen molar-refractivity contribution in [1.29, 1.82) is 0 Å². The van der Waals surface area contributed by atoms with Crippen molar-refractivity contribution in [1.82, 2.24) is 9.88 Å². The third-order valence-corrected chi connectivity index (χ3v) is 6.07. The highest BCUT2D eigenvalue weighted by Crippen LogP contribution is 2.25. The summed E-state index contributed by atoms with van der Waals surface area (Å²) in [5, 5.41) is 2.76. The standard InChI is InChI=1S/C26H24N4O4/c31-24(28-23-9-7-20(17-27-23)29-12-14-34-15-13-29)19-6-8-21-22(16-19)26(33)30(25(21)32)11-10-18-4-2-1-3-5-18/h1-9,16-17H,10-15H2,(H,27,28,31). The number of rotatable bonds is 6. The summed E-state index contributed by atoms with van der Waals surface area (Å²) < 4.78 is 5.37. The molecule has 0 aliphatic carbocycles. The Balaban J connectivity index is 1.25. The first-order chi connectivity index (χ1) is 16.6. The van der Waals surface area contributed by atoms with Crippen LogP contribution in [0.2, 0.25) is 0 Å². The quantitative estimate of drug-likeness (QED) is 0.574. The minimum absolute atomic E-state index is 0.251. The summed E-state index contributed by atoms with van der Waals surface area (Å²) >= 11 is 0. The zero-order chi connectivity index (χ0) is 23.5. The number of aromatic nitrogens is 1. The number of morpholine rings is 1. The number of carbonyl (C=O) groups excluding carboxylic acids is 3. The molecular formula is C26H24N4O4. The highest BCUT2D eigenvalue weighted by Gasteiger charge is 2.35. The van der Waals surface area contributed by atoms with E-state index in [2.05, 4.69) is 15.2 Å². The Morgan fingerprint density at radius 3 is 2.44 bits per heavy atom.